The van der Waals surface area contributed by atoms with Gasteiger partial charge in [-0.05, 0) is 103 Å². The highest BCUT2D eigenvalue weighted by atomic mass is 16.5. The molecule has 1 saturated heterocycles. The number of benzene rings is 3. The summed E-state index contributed by atoms with van der Waals surface area (Å²) < 4.78 is 12.6. The average Bonchev–Trinajstić information content (AvgIpc) is 3.84. The van der Waals surface area contributed by atoms with E-state index in [2.05, 4.69) is 163 Å². The van der Waals surface area contributed by atoms with Gasteiger partial charge in [-0.3, -0.25) is 0 Å². The Kier molecular flexibility index (Phi) is 8.00. The lowest BCUT2D eigenvalue weighted by molar-refractivity contribution is 0.183. The first-order valence-corrected chi connectivity index (χ1v) is 20.4. The summed E-state index contributed by atoms with van der Waals surface area (Å²) >= 11 is 0. The van der Waals surface area contributed by atoms with Crippen molar-refractivity contribution in [2.45, 2.75) is 68.9 Å². The smallest absolute Gasteiger partial charge is 0.135 e. The van der Waals surface area contributed by atoms with Crippen molar-refractivity contribution in [1.82, 2.24) is 0 Å². The molecule has 3 aromatic carbocycles. The van der Waals surface area contributed by atoms with Crippen LogP contribution in [-0.4, -0.2) is 12.1 Å². The molecule has 1 aliphatic heterocycles. The van der Waals surface area contributed by atoms with Gasteiger partial charge < -0.3 is 14.1 Å². The van der Waals surface area contributed by atoms with Gasteiger partial charge in [0.2, 0.25) is 0 Å². The number of rotatable bonds is 6. The summed E-state index contributed by atoms with van der Waals surface area (Å²) in [6.07, 6.45) is 38.2. The molecule has 4 aromatic rings. The molecule has 270 valence electrons. The Morgan fingerprint density at radius 3 is 2.40 bits per heavy atom. The van der Waals surface area contributed by atoms with E-state index in [1.807, 2.05) is 0 Å². The van der Waals surface area contributed by atoms with Crippen molar-refractivity contribution in [1.29, 1.82) is 0 Å². The zero-order valence-electron chi connectivity index (χ0n) is 31.1. The number of furan rings is 1. The van der Waals surface area contributed by atoms with Crippen LogP contribution in [0.4, 0.5) is 5.69 Å². The lowest BCUT2D eigenvalue weighted by Gasteiger charge is -2.38. The number of fused-ring (bicyclic) bond motifs is 8. The second kappa shape index (κ2) is 13.5. The Balaban J connectivity index is 0.882. The quantitative estimate of drug-likeness (QED) is 0.199. The van der Waals surface area contributed by atoms with Gasteiger partial charge in [0.25, 0.3) is 0 Å². The van der Waals surface area contributed by atoms with Crippen LogP contribution in [0.2, 0.25) is 0 Å². The van der Waals surface area contributed by atoms with Gasteiger partial charge in [0.05, 0.1) is 6.04 Å². The second-order valence-electron chi connectivity index (χ2n) is 16.0. The van der Waals surface area contributed by atoms with Gasteiger partial charge in [-0.2, -0.15) is 0 Å². The van der Waals surface area contributed by atoms with Crippen molar-refractivity contribution in [3.05, 3.63) is 208 Å². The van der Waals surface area contributed by atoms with Crippen LogP contribution in [0.15, 0.2) is 190 Å². The number of allylic oxidation sites excluding steroid dienone is 14. The normalized spacial score (nSPS) is 26.2. The molecule has 0 radical (unpaired) electrons. The molecule has 3 heteroatoms. The van der Waals surface area contributed by atoms with Crippen LogP contribution in [-0.2, 0) is 4.74 Å². The van der Waals surface area contributed by atoms with E-state index in [1.54, 1.807) is 0 Å². The maximum atomic E-state index is 6.43. The molecular formula is C52H45NO2. The van der Waals surface area contributed by atoms with Gasteiger partial charge in [-0.1, -0.05) is 127 Å². The number of hydrogen-bond acceptors (Lipinski definition) is 3. The maximum absolute atomic E-state index is 6.43. The molecule has 0 N–H and O–H groups in total. The molecule has 1 aromatic heterocycles. The van der Waals surface area contributed by atoms with Crippen LogP contribution >= 0.6 is 0 Å². The maximum Gasteiger partial charge on any atom is 0.135 e. The first kappa shape index (κ1) is 32.6. The highest BCUT2D eigenvalue weighted by molar-refractivity contribution is 5.87. The summed E-state index contributed by atoms with van der Waals surface area (Å²) in [7, 11) is 0. The molecule has 1 fully saturated rings. The third kappa shape index (κ3) is 5.71. The van der Waals surface area contributed by atoms with Crippen molar-refractivity contribution in [2.75, 3.05) is 4.90 Å². The molecule has 55 heavy (non-hydrogen) atoms. The van der Waals surface area contributed by atoms with Gasteiger partial charge in [-0.25, -0.2) is 0 Å². The standard InChI is InChI=1S/C52H45NO2/c1-2-9-34(10-3-1)35-17-25-40(26-18-35)53(42-29-21-37(22-30-42)43-13-8-16-49-51(43)45-11-4-6-14-47(45)54-49)41-27-19-36(20-28-41)38-23-31-44-39(33-38)24-32-50-52(44)46-12-5-7-15-48(46)55-50/h1-3,5,7-15,19-25,27,29-33,35,39,41,44,49H,4,6,16-18,26,28H2. The second-order valence-corrected chi connectivity index (χ2v) is 16.0. The largest absolute Gasteiger partial charge is 0.485 e. The summed E-state index contributed by atoms with van der Waals surface area (Å²) in [6, 6.07) is 29.1. The number of nitrogens with zero attached hydrogens (tertiary/aromatic N) is 1. The molecule has 7 aliphatic rings. The van der Waals surface area contributed by atoms with Crippen LogP contribution in [0.5, 0.6) is 0 Å². The van der Waals surface area contributed by atoms with Crippen molar-refractivity contribution < 1.29 is 9.15 Å². The van der Waals surface area contributed by atoms with Crippen molar-refractivity contribution in [2.24, 2.45) is 5.92 Å². The Morgan fingerprint density at radius 2 is 1.55 bits per heavy atom. The van der Waals surface area contributed by atoms with Gasteiger partial charge in [0.15, 0.2) is 0 Å². The zero-order valence-corrected chi connectivity index (χ0v) is 31.1. The molecule has 0 spiro atoms. The molecule has 2 heterocycles. The minimum absolute atomic E-state index is 0.127. The minimum atomic E-state index is 0.127. The fraction of sp³-hybridized carbons (Fsp3) is 0.231. The fourth-order valence-corrected chi connectivity index (χ4v) is 10.1. The Morgan fingerprint density at radius 1 is 0.691 bits per heavy atom. The summed E-state index contributed by atoms with van der Waals surface area (Å²) in [4.78, 5) is 2.63. The van der Waals surface area contributed by atoms with E-state index in [9.17, 15) is 0 Å². The lowest BCUT2D eigenvalue weighted by Crippen LogP contribution is -2.35. The molecule has 3 nitrogen and oxygen atoms in total. The molecule has 6 aliphatic carbocycles. The number of para-hydroxylation sites is 1. The fourth-order valence-electron chi connectivity index (χ4n) is 10.1. The Hall–Kier alpha value is -5.80. The van der Waals surface area contributed by atoms with E-state index in [-0.39, 0.29) is 12.1 Å². The molecule has 0 bridgehead atoms. The molecule has 5 unspecified atom stereocenters. The molecular weight excluding hydrogens is 671 g/mol. The Bertz CT molecular complexity index is 2510. The monoisotopic (exact) mass is 715 g/mol. The van der Waals surface area contributed by atoms with E-state index in [1.165, 1.54) is 61.3 Å². The van der Waals surface area contributed by atoms with Crippen LogP contribution in [0.25, 0.3) is 22.6 Å². The molecule has 11 rings (SSSR count). The number of anilines is 1. The third-order valence-electron chi connectivity index (χ3n) is 12.8. The summed E-state index contributed by atoms with van der Waals surface area (Å²) in [5.74, 6) is 3.28. The number of ether oxygens (including phenoxy) is 1. The van der Waals surface area contributed by atoms with Crippen LogP contribution in [0.1, 0.15) is 79.2 Å². The van der Waals surface area contributed by atoms with Gasteiger partial charge in [0.1, 0.15) is 23.2 Å². The lowest BCUT2D eigenvalue weighted by atomic mass is 9.76. The molecule has 5 atom stereocenters. The molecule has 0 amide bonds. The zero-order chi connectivity index (χ0) is 36.3. The summed E-state index contributed by atoms with van der Waals surface area (Å²) in [6.45, 7) is 0. The topological polar surface area (TPSA) is 25.6 Å². The van der Waals surface area contributed by atoms with Crippen LogP contribution < -0.4 is 4.90 Å². The summed E-state index contributed by atoms with van der Waals surface area (Å²) in [5, 5.41) is 1.23. The summed E-state index contributed by atoms with van der Waals surface area (Å²) in [5.41, 5.74) is 14.3. The van der Waals surface area contributed by atoms with Crippen LogP contribution in [0.3, 0.4) is 0 Å². The predicted octanol–water partition coefficient (Wildman–Crippen LogP) is 13.0. The highest BCUT2D eigenvalue weighted by Gasteiger charge is 2.36. The number of hydrogen-bond donors (Lipinski definition) is 0. The predicted molar refractivity (Wildman–Crippen MR) is 225 cm³/mol. The van der Waals surface area contributed by atoms with E-state index in [0.717, 1.165) is 62.0 Å². The van der Waals surface area contributed by atoms with E-state index in [0.29, 0.717) is 17.8 Å². The average molecular weight is 716 g/mol. The molecule has 0 saturated carbocycles. The van der Waals surface area contributed by atoms with Crippen molar-refractivity contribution in [3.63, 3.8) is 0 Å². The highest BCUT2D eigenvalue weighted by Crippen LogP contribution is 2.47. The first-order valence-electron chi connectivity index (χ1n) is 20.4. The van der Waals surface area contributed by atoms with E-state index in [4.69, 9.17) is 9.15 Å². The Labute approximate surface area is 324 Å². The van der Waals surface area contributed by atoms with Crippen LogP contribution in [0, 0.1) is 5.92 Å². The van der Waals surface area contributed by atoms with E-state index < -0.39 is 0 Å². The van der Waals surface area contributed by atoms with Crippen molar-refractivity contribution >= 4 is 28.3 Å². The SMILES string of the molecule is C1=CC(c2ccc(N(C3=CCC(c4ccccc4)CC3)C3C=CC(C4=CC5C=Cc6oc7ccccc7c6C5C=C4)=CC3)cc2)=C2C3=CCCC=C3OC2C1. The van der Waals surface area contributed by atoms with Crippen molar-refractivity contribution in [3.8, 4) is 0 Å². The minimum Gasteiger partial charge on any atom is -0.485 e. The third-order valence-corrected chi connectivity index (χ3v) is 12.8. The van der Waals surface area contributed by atoms with Gasteiger partial charge in [-0.15, -0.1) is 0 Å². The first-order chi connectivity index (χ1) is 27.2. The van der Waals surface area contributed by atoms with E-state index >= 15 is 0 Å². The van der Waals surface area contributed by atoms with Gasteiger partial charge >= 0.3 is 0 Å². The van der Waals surface area contributed by atoms with Gasteiger partial charge in [0, 0.05) is 51.7 Å².